The van der Waals surface area contributed by atoms with Crippen molar-refractivity contribution in [3.05, 3.63) is 65.2 Å². The van der Waals surface area contributed by atoms with E-state index < -0.39 is 12.1 Å². The zero-order valence-corrected chi connectivity index (χ0v) is 16.4. The molecule has 2 N–H and O–H groups in total. The first kappa shape index (κ1) is 20.0. The summed E-state index contributed by atoms with van der Waals surface area (Å²) in [6, 6.07) is 14.7. The zero-order chi connectivity index (χ0) is 21.0. The van der Waals surface area contributed by atoms with Crippen LogP contribution in [-0.4, -0.2) is 33.8 Å². The van der Waals surface area contributed by atoms with E-state index in [0.717, 1.165) is 16.6 Å². The Bertz CT molecular complexity index is 1090. The third-order valence-corrected chi connectivity index (χ3v) is 4.59. The van der Waals surface area contributed by atoms with E-state index in [4.69, 9.17) is 9.47 Å². The molecule has 148 valence electrons. The Balaban J connectivity index is 1.70. The minimum atomic E-state index is -1.03. The SMILES string of the molecule is Cc1cccc(OCC(=O)O[C@@H](C)/C(O)=C(\C#N)c2nc3ccccc3[nH]2)c1C. The Morgan fingerprint density at radius 2 is 2.00 bits per heavy atom. The van der Waals surface area contributed by atoms with Gasteiger partial charge in [0.1, 0.15) is 17.4 Å². The number of allylic oxidation sites excluding steroid dienone is 1. The monoisotopic (exact) mass is 391 g/mol. The molecule has 0 aliphatic carbocycles. The number of nitriles is 1. The lowest BCUT2D eigenvalue weighted by atomic mass is 10.1. The number of nitrogens with zero attached hydrogens (tertiary/aromatic N) is 2. The van der Waals surface area contributed by atoms with Gasteiger partial charge in [-0.15, -0.1) is 0 Å². The normalized spacial score (nSPS) is 12.8. The number of benzene rings is 2. The molecular weight excluding hydrogens is 370 g/mol. The summed E-state index contributed by atoms with van der Waals surface area (Å²) in [5.74, 6) is -0.242. The summed E-state index contributed by atoms with van der Waals surface area (Å²) in [4.78, 5) is 19.4. The predicted molar refractivity (Wildman–Crippen MR) is 108 cm³/mol. The number of fused-ring (bicyclic) bond motifs is 1. The summed E-state index contributed by atoms with van der Waals surface area (Å²) in [5.41, 5.74) is 3.29. The van der Waals surface area contributed by atoms with E-state index in [0.29, 0.717) is 11.3 Å². The number of esters is 1. The van der Waals surface area contributed by atoms with Gasteiger partial charge in [-0.1, -0.05) is 24.3 Å². The van der Waals surface area contributed by atoms with E-state index in [1.165, 1.54) is 6.92 Å². The topological polar surface area (TPSA) is 108 Å². The Morgan fingerprint density at radius 3 is 2.72 bits per heavy atom. The molecule has 0 amide bonds. The van der Waals surface area contributed by atoms with Crippen LogP contribution in [0.25, 0.3) is 16.6 Å². The molecule has 0 saturated heterocycles. The fraction of sp³-hybridized carbons (Fsp3) is 0.227. The summed E-state index contributed by atoms with van der Waals surface area (Å²) < 4.78 is 10.7. The lowest BCUT2D eigenvalue weighted by molar-refractivity contribution is -0.150. The molecule has 7 nitrogen and oxygen atoms in total. The summed E-state index contributed by atoms with van der Waals surface area (Å²) >= 11 is 0. The highest BCUT2D eigenvalue weighted by molar-refractivity contribution is 5.83. The van der Waals surface area contributed by atoms with Gasteiger partial charge in [-0.3, -0.25) is 0 Å². The lowest BCUT2D eigenvalue weighted by Crippen LogP contribution is -2.23. The highest BCUT2D eigenvalue weighted by Crippen LogP contribution is 2.22. The maximum Gasteiger partial charge on any atom is 0.344 e. The van der Waals surface area contributed by atoms with Gasteiger partial charge in [0.2, 0.25) is 0 Å². The molecule has 0 bridgehead atoms. The number of nitrogens with one attached hydrogen (secondary N) is 1. The molecule has 1 heterocycles. The molecule has 7 heteroatoms. The quantitative estimate of drug-likeness (QED) is 0.374. The number of aromatic amines is 1. The molecule has 2 aromatic carbocycles. The van der Waals surface area contributed by atoms with E-state index in [2.05, 4.69) is 9.97 Å². The molecule has 0 saturated carbocycles. The number of hydrogen-bond donors (Lipinski definition) is 2. The van der Waals surface area contributed by atoms with Gasteiger partial charge in [-0.05, 0) is 50.1 Å². The van der Waals surface area contributed by atoms with Gasteiger partial charge in [-0.2, -0.15) is 5.26 Å². The first-order valence-electron chi connectivity index (χ1n) is 9.07. The molecule has 0 unspecified atom stereocenters. The first-order valence-corrected chi connectivity index (χ1v) is 9.07. The average molecular weight is 391 g/mol. The number of ether oxygens (including phenoxy) is 2. The van der Waals surface area contributed by atoms with Crippen molar-refractivity contribution in [2.75, 3.05) is 6.61 Å². The Hall–Kier alpha value is -3.79. The maximum atomic E-state index is 12.1. The summed E-state index contributed by atoms with van der Waals surface area (Å²) in [7, 11) is 0. The van der Waals surface area contributed by atoms with Gasteiger partial charge in [-0.25, -0.2) is 9.78 Å². The standard InChI is InChI=1S/C22H21N3O4/c1-13-7-6-10-19(14(13)2)28-12-20(26)29-15(3)21(27)16(11-23)22-24-17-8-4-5-9-18(17)25-22/h4-10,15,27H,12H2,1-3H3,(H,24,25)/b21-16-/t15-/m0/s1. The van der Waals surface area contributed by atoms with Crippen LogP contribution in [-0.2, 0) is 9.53 Å². The second-order valence-corrected chi connectivity index (χ2v) is 6.59. The fourth-order valence-corrected chi connectivity index (χ4v) is 2.81. The fourth-order valence-electron chi connectivity index (χ4n) is 2.81. The Morgan fingerprint density at radius 1 is 1.24 bits per heavy atom. The van der Waals surface area contributed by atoms with Crippen molar-refractivity contribution < 1.29 is 19.4 Å². The van der Waals surface area contributed by atoms with Crippen LogP contribution in [0.15, 0.2) is 48.2 Å². The molecule has 0 aliphatic heterocycles. The number of aromatic nitrogens is 2. The average Bonchev–Trinajstić information content (AvgIpc) is 3.13. The van der Waals surface area contributed by atoms with Gasteiger partial charge in [0, 0.05) is 0 Å². The van der Waals surface area contributed by atoms with E-state index in [-0.39, 0.29) is 23.8 Å². The minimum absolute atomic E-state index is 0.0862. The molecule has 3 aromatic rings. The first-order chi connectivity index (χ1) is 13.9. The zero-order valence-electron chi connectivity index (χ0n) is 16.4. The smallest absolute Gasteiger partial charge is 0.344 e. The number of carbonyl (C=O) groups excluding carboxylic acids is 1. The van der Waals surface area contributed by atoms with E-state index in [1.54, 1.807) is 12.1 Å². The number of carbonyl (C=O) groups is 1. The van der Waals surface area contributed by atoms with Crippen LogP contribution < -0.4 is 4.74 Å². The van der Waals surface area contributed by atoms with Crippen molar-refractivity contribution in [2.45, 2.75) is 26.9 Å². The highest BCUT2D eigenvalue weighted by atomic mass is 16.6. The molecular formula is C22H21N3O4. The third-order valence-electron chi connectivity index (χ3n) is 4.59. The lowest BCUT2D eigenvalue weighted by Gasteiger charge is -2.15. The van der Waals surface area contributed by atoms with Crippen molar-refractivity contribution >= 4 is 22.6 Å². The van der Waals surface area contributed by atoms with Crippen molar-refractivity contribution in [3.63, 3.8) is 0 Å². The van der Waals surface area contributed by atoms with Gasteiger partial charge in [0.05, 0.1) is 11.0 Å². The van der Waals surface area contributed by atoms with Crippen LogP contribution in [0, 0.1) is 25.2 Å². The largest absolute Gasteiger partial charge is 0.507 e. The molecule has 0 fully saturated rings. The van der Waals surface area contributed by atoms with Gasteiger partial charge in [0.15, 0.2) is 24.3 Å². The number of H-pyrrole nitrogens is 1. The second kappa shape index (κ2) is 8.48. The number of para-hydroxylation sites is 2. The van der Waals surface area contributed by atoms with E-state index >= 15 is 0 Å². The van der Waals surface area contributed by atoms with Crippen molar-refractivity contribution in [1.82, 2.24) is 9.97 Å². The molecule has 29 heavy (non-hydrogen) atoms. The maximum absolute atomic E-state index is 12.1. The molecule has 0 spiro atoms. The Kier molecular flexibility index (Phi) is 5.84. The number of hydrogen-bond acceptors (Lipinski definition) is 6. The third kappa shape index (κ3) is 4.38. The van der Waals surface area contributed by atoms with Crippen LogP contribution in [0.1, 0.15) is 23.9 Å². The van der Waals surface area contributed by atoms with Gasteiger partial charge in [0.25, 0.3) is 0 Å². The van der Waals surface area contributed by atoms with Crippen molar-refractivity contribution in [2.24, 2.45) is 0 Å². The molecule has 1 aromatic heterocycles. The van der Waals surface area contributed by atoms with Gasteiger partial charge >= 0.3 is 5.97 Å². The number of rotatable bonds is 6. The van der Waals surface area contributed by atoms with E-state index in [9.17, 15) is 15.2 Å². The number of aliphatic hydroxyl groups is 1. The van der Waals surface area contributed by atoms with Crippen molar-refractivity contribution in [1.29, 1.82) is 5.26 Å². The van der Waals surface area contributed by atoms with Crippen LogP contribution in [0.3, 0.4) is 0 Å². The summed E-state index contributed by atoms with van der Waals surface area (Å²) in [6.45, 7) is 5.02. The summed E-state index contributed by atoms with van der Waals surface area (Å²) in [5, 5.41) is 19.9. The van der Waals surface area contributed by atoms with Crippen LogP contribution in [0.2, 0.25) is 0 Å². The molecule has 3 rings (SSSR count). The second-order valence-electron chi connectivity index (χ2n) is 6.59. The van der Waals surface area contributed by atoms with Crippen molar-refractivity contribution in [3.8, 4) is 11.8 Å². The predicted octanol–water partition coefficient (Wildman–Crippen LogP) is 3.98. The number of aliphatic hydroxyl groups excluding tert-OH is 1. The summed E-state index contributed by atoms with van der Waals surface area (Å²) in [6.07, 6.45) is -1.03. The van der Waals surface area contributed by atoms with Gasteiger partial charge < -0.3 is 19.6 Å². The Labute approximate surface area is 168 Å². The van der Waals surface area contributed by atoms with E-state index in [1.807, 2.05) is 50.2 Å². The number of aryl methyl sites for hydroxylation is 1. The molecule has 1 atom stereocenters. The molecule has 0 radical (unpaired) electrons. The minimum Gasteiger partial charge on any atom is -0.507 e. The molecule has 0 aliphatic rings. The highest BCUT2D eigenvalue weighted by Gasteiger charge is 2.21. The number of imidazole rings is 1. The van der Waals surface area contributed by atoms with Crippen LogP contribution in [0.5, 0.6) is 5.75 Å². The van der Waals surface area contributed by atoms with Crippen LogP contribution in [0.4, 0.5) is 0 Å². The van der Waals surface area contributed by atoms with Crippen LogP contribution >= 0.6 is 0 Å².